The molecule has 5 aliphatic rings. The monoisotopic (exact) mass is 464 g/mol. The molecule has 1 aromatic carbocycles. The molecule has 6 heteroatoms. The topological polar surface area (TPSA) is 76.7 Å². The van der Waals surface area contributed by atoms with Crippen molar-refractivity contribution in [2.75, 3.05) is 14.1 Å². The van der Waals surface area contributed by atoms with Crippen molar-refractivity contribution in [1.82, 2.24) is 4.90 Å². The first kappa shape index (κ1) is 22.4. The zero-order valence-corrected chi connectivity index (χ0v) is 20.1. The number of hydrogen-bond acceptors (Lipinski definition) is 5. The van der Waals surface area contributed by atoms with Gasteiger partial charge in [-0.15, -0.1) is 0 Å². The minimum absolute atomic E-state index is 0.0108. The second-order valence-corrected chi connectivity index (χ2v) is 11.6. The molecule has 1 saturated heterocycles. The van der Waals surface area contributed by atoms with Crippen LogP contribution in [0.5, 0.6) is 0 Å². The van der Waals surface area contributed by atoms with E-state index in [2.05, 4.69) is 19.1 Å². The van der Waals surface area contributed by atoms with Crippen LogP contribution < -0.4 is 0 Å². The number of rotatable bonds is 2. The number of hydrogen-bond donors (Lipinski definition) is 2. The molecule has 180 valence electrons. The van der Waals surface area contributed by atoms with Gasteiger partial charge in [-0.2, -0.15) is 5.26 Å². The lowest BCUT2D eigenvalue weighted by Gasteiger charge is -2.60. The number of halogens is 1. The maximum atomic E-state index is 17.0. The highest BCUT2D eigenvalue weighted by atomic mass is 19.1. The Labute approximate surface area is 200 Å². The second-order valence-electron chi connectivity index (χ2n) is 11.6. The highest BCUT2D eigenvalue weighted by molar-refractivity contribution is 5.74. The molecule has 5 nitrogen and oxygen atoms in total. The molecule has 0 aromatic heterocycles. The van der Waals surface area contributed by atoms with E-state index in [4.69, 9.17) is 4.74 Å². The van der Waals surface area contributed by atoms with Crippen LogP contribution in [0.25, 0.3) is 5.57 Å². The maximum absolute atomic E-state index is 17.0. The molecule has 2 spiro atoms. The maximum Gasteiger partial charge on any atom is 0.158 e. The second kappa shape index (κ2) is 7.01. The number of aliphatic hydroxyl groups is 2. The summed E-state index contributed by atoms with van der Waals surface area (Å²) in [6, 6.07) is 9.63. The van der Waals surface area contributed by atoms with E-state index in [-0.39, 0.29) is 17.4 Å². The molecule has 2 heterocycles. The number of allylic oxidation sites excluding steroid dienone is 2. The van der Waals surface area contributed by atoms with Crippen molar-refractivity contribution >= 4 is 5.57 Å². The predicted octanol–water partition coefficient (Wildman–Crippen LogP) is 3.75. The average molecular weight is 465 g/mol. The summed E-state index contributed by atoms with van der Waals surface area (Å²) in [7, 11) is 3.81. The Kier molecular flexibility index (Phi) is 4.62. The molecule has 2 saturated carbocycles. The van der Waals surface area contributed by atoms with E-state index < -0.39 is 29.1 Å². The predicted molar refractivity (Wildman–Crippen MR) is 126 cm³/mol. The first-order valence-corrected chi connectivity index (χ1v) is 12.5. The highest BCUT2D eigenvalue weighted by Gasteiger charge is 2.74. The van der Waals surface area contributed by atoms with Crippen molar-refractivity contribution in [2.45, 2.75) is 80.6 Å². The minimum atomic E-state index is -1.66. The lowest BCUT2D eigenvalue weighted by atomic mass is 9.53. The van der Waals surface area contributed by atoms with E-state index in [9.17, 15) is 15.5 Å². The Bertz CT molecular complexity index is 1140. The van der Waals surface area contributed by atoms with Crippen molar-refractivity contribution in [1.29, 1.82) is 5.26 Å². The van der Waals surface area contributed by atoms with Crippen LogP contribution in [0.15, 0.2) is 42.0 Å². The average Bonchev–Trinajstić information content (AvgIpc) is 3.35. The van der Waals surface area contributed by atoms with E-state index in [1.54, 1.807) is 6.08 Å². The van der Waals surface area contributed by atoms with Crippen LogP contribution in [-0.4, -0.2) is 64.3 Å². The summed E-state index contributed by atoms with van der Waals surface area (Å²) in [5.74, 6) is -0.0108. The fraction of sp³-hybridized carbons (Fsp3) is 0.607. The van der Waals surface area contributed by atoms with Gasteiger partial charge in [-0.3, -0.25) is 0 Å². The summed E-state index contributed by atoms with van der Waals surface area (Å²) >= 11 is 0. The number of aliphatic hydroxyl groups excluding tert-OH is 2. The third-order valence-corrected chi connectivity index (χ3v) is 9.97. The van der Waals surface area contributed by atoms with Gasteiger partial charge in [-0.05, 0) is 93.0 Å². The Morgan fingerprint density at radius 2 is 1.85 bits per heavy atom. The van der Waals surface area contributed by atoms with Crippen LogP contribution in [0.2, 0.25) is 0 Å². The van der Waals surface area contributed by atoms with Gasteiger partial charge in [0.2, 0.25) is 0 Å². The van der Waals surface area contributed by atoms with Gasteiger partial charge in [-0.1, -0.05) is 25.1 Å². The number of benzene rings is 1. The van der Waals surface area contributed by atoms with Gasteiger partial charge in [-0.25, -0.2) is 4.39 Å². The van der Waals surface area contributed by atoms with Crippen molar-refractivity contribution in [2.24, 2.45) is 11.3 Å². The van der Waals surface area contributed by atoms with E-state index in [1.165, 1.54) is 5.57 Å². The summed E-state index contributed by atoms with van der Waals surface area (Å²) in [5, 5.41) is 31.0. The van der Waals surface area contributed by atoms with Crippen LogP contribution in [0, 0.1) is 22.7 Å². The largest absolute Gasteiger partial charge is 0.388 e. The number of likely N-dealkylation sites (N-methyl/N-ethyl adjacent to an activating group) is 1. The third-order valence-electron chi connectivity index (χ3n) is 9.97. The first-order chi connectivity index (χ1) is 16.1. The number of alkyl halides is 1. The van der Waals surface area contributed by atoms with E-state index in [0.29, 0.717) is 43.2 Å². The lowest BCUT2D eigenvalue weighted by Crippen LogP contribution is -2.68. The van der Waals surface area contributed by atoms with Crippen molar-refractivity contribution in [3.05, 3.63) is 53.1 Å². The standard InChI is InChI=1S/C28H33FN2O3/c1-25-10-12-27(29)14-20-23(32)24(33)21(31(2)3)15-26(20)11-13-28(27,34-26)22(25)9-8-19(25)18-6-4-17(16-30)5-7-18/h4-8,14,21-24,32-33H,9-13,15H2,1-3H3/t21-,22?,23+,24+,25+,26+,27?,28-/m0/s1. The molecule has 34 heavy (non-hydrogen) atoms. The Morgan fingerprint density at radius 1 is 1.12 bits per heavy atom. The summed E-state index contributed by atoms with van der Waals surface area (Å²) in [5.41, 5.74) is -0.0469. The van der Waals surface area contributed by atoms with Gasteiger partial charge < -0.3 is 19.8 Å². The van der Waals surface area contributed by atoms with Gasteiger partial charge in [0, 0.05) is 12.0 Å². The molecular formula is C28H33FN2O3. The summed E-state index contributed by atoms with van der Waals surface area (Å²) in [6.45, 7) is 2.25. The highest BCUT2D eigenvalue weighted by Crippen LogP contribution is 2.71. The molecule has 3 fully saturated rings. The molecule has 1 aromatic rings. The SMILES string of the molecule is CN(C)[C@H]1C[C@@]23CC[C@]4(O2)C2CC=C(c5ccc(C#N)cc5)[C@@]2(C)CCC4(F)C=C3[C@@H](O)[C@@H]1O. The molecule has 2 unspecified atom stereocenters. The molecule has 0 amide bonds. The minimum Gasteiger partial charge on any atom is -0.388 e. The van der Waals surface area contributed by atoms with Crippen LogP contribution in [0.4, 0.5) is 4.39 Å². The summed E-state index contributed by atoms with van der Waals surface area (Å²) in [6.07, 6.45) is 5.43. The number of nitriles is 1. The molecule has 2 bridgehead atoms. The Morgan fingerprint density at radius 3 is 2.53 bits per heavy atom. The smallest absolute Gasteiger partial charge is 0.158 e. The zero-order valence-electron chi connectivity index (χ0n) is 20.1. The van der Waals surface area contributed by atoms with E-state index in [1.807, 2.05) is 43.3 Å². The van der Waals surface area contributed by atoms with Crippen LogP contribution >= 0.6 is 0 Å². The molecule has 8 atom stereocenters. The van der Waals surface area contributed by atoms with E-state index in [0.717, 1.165) is 12.0 Å². The Balaban J connectivity index is 1.41. The number of fused-ring (bicyclic) bond motifs is 1. The van der Waals surface area contributed by atoms with Crippen LogP contribution in [0.3, 0.4) is 0 Å². The molecule has 3 aliphatic carbocycles. The van der Waals surface area contributed by atoms with Crippen molar-refractivity contribution in [3.8, 4) is 6.07 Å². The Hall–Kier alpha value is -2.04. The molecule has 2 N–H and O–H groups in total. The molecule has 6 rings (SSSR count). The lowest BCUT2D eigenvalue weighted by molar-refractivity contribution is -0.239. The van der Waals surface area contributed by atoms with Gasteiger partial charge in [0.25, 0.3) is 0 Å². The van der Waals surface area contributed by atoms with Gasteiger partial charge in [0.15, 0.2) is 5.67 Å². The number of ether oxygens (including phenoxy) is 1. The first-order valence-electron chi connectivity index (χ1n) is 12.5. The molecule has 2 aliphatic heterocycles. The number of nitrogens with zero attached hydrogens (tertiary/aromatic N) is 2. The summed E-state index contributed by atoms with van der Waals surface area (Å²) in [4.78, 5) is 1.94. The van der Waals surface area contributed by atoms with Gasteiger partial charge in [0.05, 0.1) is 23.3 Å². The molecule has 0 radical (unpaired) electrons. The summed E-state index contributed by atoms with van der Waals surface area (Å²) < 4.78 is 24.0. The fourth-order valence-corrected chi connectivity index (χ4v) is 8.15. The zero-order chi connectivity index (χ0) is 24.1. The van der Waals surface area contributed by atoms with E-state index >= 15 is 4.39 Å². The van der Waals surface area contributed by atoms with Crippen molar-refractivity contribution < 1.29 is 19.3 Å². The van der Waals surface area contributed by atoms with Crippen molar-refractivity contribution in [3.63, 3.8) is 0 Å². The fourth-order valence-electron chi connectivity index (χ4n) is 8.15. The van der Waals surface area contributed by atoms with Crippen LogP contribution in [0.1, 0.15) is 56.6 Å². The van der Waals surface area contributed by atoms with Crippen LogP contribution in [-0.2, 0) is 4.74 Å². The third kappa shape index (κ3) is 2.62. The van der Waals surface area contributed by atoms with Gasteiger partial charge >= 0.3 is 0 Å². The normalized spacial score (nSPS) is 46.8. The van der Waals surface area contributed by atoms with Gasteiger partial charge in [0.1, 0.15) is 11.7 Å². The molecular weight excluding hydrogens is 431 g/mol. The quantitative estimate of drug-likeness (QED) is 0.652.